The van der Waals surface area contributed by atoms with Gasteiger partial charge in [-0.3, -0.25) is 4.79 Å². The average molecular weight is 197 g/mol. The first-order valence-electron chi connectivity index (χ1n) is 5.58. The summed E-state index contributed by atoms with van der Waals surface area (Å²) in [6, 6.07) is 0.437. The Morgan fingerprint density at radius 2 is 2.00 bits per heavy atom. The zero-order valence-corrected chi connectivity index (χ0v) is 8.83. The van der Waals surface area contributed by atoms with Crippen molar-refractivity contribution in [1.29, 1.82) is 0 Å². The standard InChI is InChI=1S/C11H19NO2/c1-12(9-4-2-3-5-9)10(14)11(8-13)6-7-11/h9,13H,2-8H2,1H3. The van der Waals surface area contributed by atoms with Crippen LogP contribution in [-0.4, -0.2) is 35.6 Å². The number of hydrogen-bond donors (Lipinski definition) is 1. The van der Waals surface area contributed by atoms with Crippen molar-refractivity contribution in [1.82, 2.24) is 4.90 Å². The SMILES string of the molecule is CN(C(=O)C1(CO)CC1)C1CCCC1. The first-order valence-corrected chi connectivity index (χ1v) is 5.58. The van der Waals surface area contributed by atoms with Gasteiger partial charge in [0.05, 0.1) is 12.0 Å². The Labute approximate surface area is 85.1 Å². The molecule has 2 aliphatic carbocycles. The third-order valence-corrected chi connectivity index (χ3v) is 3.80. The zero-order valence-electron chi connectivity index (χ0n) is 8.83. The number of rotatable bonds is 3. The molecule has 0 radical (unpaired) electrons. The summed E-state index contributed by atoms with van der Waals surface area (Å²) in [5, 5.41) is 9.17. The van der Waals surface area contributed by atoms with Gasteiger partial charge in [0, 0.05) is 13.1 Å². The molecule has 14 heavy (non-hydrogen) atoms. The molecule has 2 aliphatic rings. The van der Waals surface area contributed by atoms with E-state index in [0.717, 1.165) is 25.7 Å². The van der Waals surface area contributed by atoms with Crippen molar-refractivity contribution in [3.05, 3.63) is 0 Å². The highest BCUT2D eigenvalue weighted by Gasteiger charge is 2.51. The van der Waals surface area contributed by atoms with Crippen LogP contribution < -0.4 is 0 Å². The van der Waals surface area contributed by atoms with Gasteiger partial charge in [-0.25, -0.2) is 0 Å². The number of amides is 1. The van der Waals surface area contributed by atoms with Crippen LogP contribution in [0.2, 0.25) is 0 Å². The van der Waals surface area contributed by atoms with E-state index < -0.39 is 0 Å². The van der Waals surface area contributed by atoms with Crippen molar-refractivity contribution in [3.63, 3.8) is 0 Å². The van der Waals surface area contributed by atoms with Gasteiger partial charge in [-0.2, -0.15) is 0 Å². The van der Waals surface area contributed by atoms with Gasteiger partial charge in [-0.1, -0.05) is 12.8 Å². The summed E-state index contributed by atoms with van der Waals surface area (Å²) < 4.78 is 0. The van der Waals surface area contributed by atoms with Crippen LogP contribution in [0, 0.1) is 5.41 Å². The van der Waals surface area contributed by atoms with Gasteiger partial charge in [-0.15, -0.1) is 0 Å². The van der Waals surface area contributed by atoms with Crippen molar-refractivity contribution < 1.29 is 9.90 Å². The molecule has 3 heteroatoms. The normalized spacial score (nSPS) is 25.0. The quantitative estimate of drug-likeness (QED) is 0.737. The Morgan fingerprint density at radius 3 is 2.43 bits per heavy atom. The molecule has 0 spiro atoms. The highest BCUT2D eigenvalue weighted by atomic mass is 16.3. The number of carbonyl (C=O) groups is 1. The Morgan fingerprint density at radius 1 is 1.43 bits per heavy atom. The highest BCUT2D eigenvalue weighted by molar-refractivity contribution is 5.85. The minimum atomic E-state index is -0.378. The number of carbonyl (C=O) groups excluding carboxylic acids is 1. The molecule has 0 saturated heterocycles. The fourth-order valence-electron chi connectivity index (χ4n) is 2.42. The third-order valence-electron chi connectivity index (χ3n) is 3.80. The van der Waals surface area contributed by atoms with Crippen molar-refractivity contribution in [2.45, 2.75) is 44.6 Å². The molecular weight excluding hydrogens is 178 g/mol. The Bertz CT molecular complexity index is 229. The van der Waals surface area contributed by atoms with Crippen LogP contribution >= 0.6 is 0 Å². The first kappa shape index (κ1) is 9.97. The molecule has 0 aromatic carbocycles. The minimum Gasteiger partial charge on any atom is -0.395 e. The molecule has 0 aliphatic heterocycles. The van der Waals surface area contributed by atoms with Crippen molar-refractivity contribution in [2.24, 2.45) is 5.41 Å². The van der Waals surface area contributed by atoms with E-state index in [0.29, 0.717) is 6.04 Å². The van der Waals surface area contributed by atoms with Gasteiger partial charge >= 0.3 is 0 Å². The molecule has 2 rings (SSSR count). The average Bonchev–Trinajstić information content (AvgIpc) is 2.82. The number of aliphatic hydroxyl groups is 1. The smallest absolute Gasteiger partial charge is 0.231 e. The molecule has 0 bridgehead atoms. The Kier molecular flexibility index (Phi) is 2.52. The number of nitrogens with zero attached hydrogens (tertiary/aromatic N) is 1. The molecule has 0 unspecified atom stereocenters. The molecule has 2 fully saturated rings. The second kappa shape index (κ2) is 3.54. The van der Waals surface area contributed by atoms with E-state index >= 15 is 0 Å². The maximum atomic E-state index is 12.0. The second-order valence-corrected chi connectivity index (χ2v) is 4.79. The Balaban J connectivity index is 1.96. The molecule has 80 valence electrons. The van der Waals surface area contributed by atoms with Gasteiger partial charge < -0.3 is 10.0 Å². The number of hydrogen-bond acceptors (Lipinski definition) is 2. The van der Waals surface area contributed by atoms with Crippen molar-refractivity contribution in [2.75, 3.05) is 13.7 Å². The summed E-state index contributed by atoms with van der Waals surface area (Å²) >= 11 is 0. The van der Waals surface area contributed by atoms with E-state index in [2.05, 4.69) is 0 Å². The fourth-order valence-corrected chi connectivity index (χ4v) is 2.42. The van der Waals surface area contributed by atoms with Gasteiger partial charge in [0.25, 0.3) is 0 Å². The van der Waals surface area contributed by atoms with Crippen molar-refractivity contribution >= 4 is 5.91 Å². The van der Waals surface area contributed by atoms with E-state index in [1.54, 1.807) is 0 Å². The molecule has 0 aromatic rings. The molecule has 3 nitrogen and oxygen atoms in total. The second-order valence-electron chi connectivity index (χ2n) is 4.79. The summed E-state index contributed by atoms with van der Waals surface area (Å²) in [6.45, 7) is 0.0306. The predicted molar refractivity (Wildman–Crippen MR) is 53.8 cm³/mol. The lowest BCUT2D eigenvalue weighted by Crippen LogP contribution is -2.41. The third kappa shape index (κ3) is 1.54. The summed E-state index contributed by atoms with van der Waals surface area (Å²) in [7, 11) is 1.90. The lowest BCUT2D eigenvalue weighted by atomic mass is 10.1. The van der Waals surface area contributed by atoms with Crippen LogP contribution in [0.4, 0.5) is 0 Å². The fraction of sp³-hybridized carbons (Fsp3) is 0.909. The van der Waals surface area contributed by atoms with Crippen LogP contribution in [0.25, 0.3) is 0 Å². The molecular formula is C11H19NO2. The van der Waals surface area contributed by atoms with Gasteiger partial charge in [0.2, 0.25) is 5.91 Å². The summed E-state index contributed by atoms with van der Waals surface area (Å²) in [4.78, 5) is 13.9. The predicted octanol–water partition coefficient (Wildman–Crippen LogP) is 1.16. The Hall–Kier alpha value is -0.570. The minimum absolute atomic E-state index is 0.0306. The van der Waals surface area contributed by atoms with E-state index in [1.807, 2.05) is 11.9 Å². The number of aliphatic hydroxyl groups excluding tert-OH is 1. The van der Waals surface area contributed by atoms with Crippen LogP contribution in [0.3, 0.4) is 0 Å². The van der Waals surface area contributed by atoms with Crippen LogP contribution in [0.1, 0.15) is 38.5 Å². The van der Waals surface area contributed by atoms with Crippen molar-refractivity contribution in [3.8, 4) is 0 Å². The summed E-state index contributed by atoms with van der Waals surface area (Å²) in [5.74, 6) is 0.173. The van der Waals surface area contributed by atoms with Gasteiger partial charge in [-0.05, 0) is 25.7 Å². The van der Waals surface area contributed by atoms with Crippen LogP contribution in [0.5, 0.6) is 0 Å². The topological polar surface area (TPSA) is 40.5 Å². The maximum absolute atomic E-state index is 12.0. The van der Waals surface area contributed by atoms with E-state index in [9.17, 15) is 9.90 Å². The van der Waals surface area contributed by atoms with E-state index in [1.165, 1.54) is 12.8 Å². The highest BCUT2D eigenvalue weighted by Crippen LogP contribution is 2.47. The zero-order chi connectivity index (χ0) is 10.2. The molecule has 0 atom stereocenters. The molecule has 1 N–H and O–H groups in total. The maximum Gasteiger partial charge on any atom is 0.231 e. The van der Waals surface area contributed by atoms with Gasteiger partial charge in [0.15, 0.2) is 0 Å². The van der Waals surface area contributed by atoms with Crippen LogP contribution in [0.15, 0.2) is 0 Å². The van der Waals surface area contributed by atoms with Crippen LogP contribution in [-0.2, 0) is 4.79 Å². The summed E-state index contributed by atoms with van der Waals surface area (Å²) in [5.41, 5.74) is -0.378. The molecule has 2 saturated carbocycles. The lowest BCUT2D eigenvalue weighted by Gasteiger charge is -2.27. The largest absolute Gasteiger partial charge is 0.395 e. The van der Waals surface area contributed by atoms with Gasteiger partial charge in [0.1, 0.15) is 0 Å². The summed E-state index contributed by atoms with van der Waals surface area (Å²) in [6.07, 6.45) is 6.52. The molecule has 0 aromatic heterocycles. The van der Waals surface area contributed by atoms with E-state index in [-0.39, 0.29) is 17.9 Å². The monoisotopic (exact) mass is 197 g/mol. The lowest BCUT2D eigenvalue weighted by molar-refractivity contribution is -0.139. The van der Waals surface area contributed by atoms with E-state index in [4.69, 9.17) is 0 Å². The first-order chi connectivity index (χ1) is 6.69. The molecule has 0 heterocycles. The molecule has 1 amide bonds.